The van der Waals surface area contributed by atoms with Crippen LogP contribution in [0.25, 0.3) is 0 Å². The maximum absolute atomic E-state index is 12.2. The minimum Gasteiger partial charge on any atom is -0.370 e. The van der Waals surface area contributed by atoms with Crippen molar-refractivity contribution in [1.29, 1.82) is 0 Å². The summed E-state index contributed by atoms with van der Waals surface area (Å²) in [6, 6.07) is -1.20. The van der Waals surface area contributed by atoms with Crippen molar-refractivity contribution in [2.75, 3.05) is 19.3 Å². The van der Waals surface area contributed by atoms with Crippen LogP contribution in [0.1, 0.15) is 25.7 Å². The zero-order chi connectivity index (χ0) is 15.3. The number of rotatable bonds is 6. The lowest BCUT2D eigenvalue weighted by Crippen LogP contribution is -2.54. The van der Waals surface area contributed by atoms with E-state index in [-0.39, 0.29) is 24.9 Å². The first kappa shape index (κ1) is 16.9. The normalized spacial score (nSPS) is 21.5. The van der Waals surface area contributed by atoms with Crippen molar-refractivity contribution < 1.29 is 18.0 Å². The largest absolute Gasteiger partial charge is 0.370 e. The Hall–Kier alpha value is -1.19. The number of likely N-dealkylation sites (tertiary alicyclic amines) is 1. The number of nitrogens with one attached hydrogen (secondary N) is 1. The number of piperidine rings is 1. The smallest absolute Gasteiger partial charge is 0.240 e. The fourth-order valence-electron chi connectivity index (χ4n) is 2.27. The van der Waals surface area contributed by atoms with Gasteiger partial charge in [-0.05, 0) is 19.3 Å². The van der Waals surface area contributed by atoms with Gasteiger partial charge in [0.1, 0.15) is 0 Å². The fraction of sp³-hybridized carbons (Fsp3) is 0.818. The molecule has 0 spiro atoms. The van der Waals surface area contributed by atoms with Gasteiger partial charge in [0.2, 0.25) is 21.8 Å². The van der Waals surface area contributed by atoms with Gasteiger partial charge in [0.15, 0.2) is 0 Å². The Morgan fingerprint density at radius 2 is 2.05 bits per heavy atom. The molecule has 0 aromatic rings. The molecular weight excluding hydrogens is 284 g/mol. The van der Waals surface area contributed by atoms with E-state index in [4.69, 9.17) is 11.5 Å². The molecule has 0 aliphatic carbocycles. The maximum Gasteiger partial charge on any atom is 0.240 e. The summed E-state index contributed by atoms with van der Waals surface area (Å²) >= 11 is 0. The van der Waals surface area contributed by atoms with Crippen LogP contribution >= 0.6 is 0 Å². The number of sulfonamides is 1. The lowest BCUT2D eigenvalue weighted by molar-refractivity contribution is -0.137. The summed E-state index contributed by atoms with van der Waals surface area (Å²) in [5.74, 6) is -0.988. The maximum atomic E-state index is 12.2. The molecule has 2 amide bonds. The van der Waals surface area contributed by atoms with Crippen molar-refractivity contribution in [1.82, 2.24) is 9.62 Å². The third-order valence-corrected chi connectivity index (χ3v) is 3.92. The lowest BCUT2D eigenvalue weighted by Gasteiger charge is -2.37. The molecular formula is C11H22N4O4S. The van der Waals surface area contributed by atoms with Crippen LogP contribution in [0.3, 0.4) is 0 Å². The second-order valence-corrected chi connectivity index (χ2v) is 6.91. The third kappa shape index (κ3) is 5.43. The Morgan fingerprint density at radius 1 is 1.40 bits per heavy atom. The number of hydrogen-bond donors (Lipinski definition) is 3. The molecule has 1 rings (SSSR count). The van der Waals surface area contributed by atoms with Crippen LogP contribution in [-0.4, -0.2) is 56.6 Å². The zero-order valence-electron chi connectivity index (χ0n) is 11.5. The van der Waals surface area contributed by atoms with Crippen LogP contribution in [0.5, 0.6) is 0 Å². The van der Waals surface area contributed by atoms with Gasteiger partial charge in [0.05, 0.1) is 18.7 Å². The second-order valence-electron chi connectivity index (χ2n) is 5.08. The predicted octanol–water partition coefficient (Wildman–Crippen LogP) is -1.88. The number of nitrogens with two attached hydrogens (primary N) is 2. The average Bonchev–Trinajstić information content (AvgIpc) is 2.34. The number of hydrogen-bond acceptors (Lipinski definition) is 5. The van der Waals surface area contributed by atoms with Gasteiger partial charge in [-0.1, -0.05) is 0 Å². The van der Waals surface area contributed by atoms with Crippen LogP contribution in [0, 0.1) is 0 Å². The van der Waals surface area contributed by atoms with E-state index < -0.39 is 22.0 Å². The first-order chi connectivity index (χ1) is 9.20. The van der Waals surface area contributed by atoms with Crippen LogP contribution in [0.15, 0.2) is 0 Å². The van der Waals surface area contributed by atoms with E-state index >= 15 is 0 Å². The Labute approximate surface area is 118 Å². The summed E-state index contributed by atoms with van der Waals surface area (Å²) in [5.41, 5.74) is 10.7. The highest BCUT2D eigenvalue weighted by Crippen LogP contribution is 2.18. The van der Waals surface area contributed by atoms with Crippen LogP contribution in [0.4, 0.5) is 0 Å². The molecule has 0 aromatic carbocycles. The molecule has 0 aromatic heterocycles. The van der Waals surface area contributed by atoms with Crippen molar-refractivity contribution in [2.24, 2.45) is 11.5 Å². The van der Waals surface area contributed by atoms with Crippen molar-refractivity contribution >= 4 is 21.8 Å². The average molecular weight is 306 g/mol. The molecule has 20 heavy (non-hydrogen) atoms. The van der Waals surface area contributed by atoms with Crippen molar-refractivity contribution in [3.63, 3.8) is 0 Å². The predicted molar refractivity (Wildman–Crippen MR) is 74.0 cm³/mol. The van der Waals surface area contributed by atoms with Gasteiger partial charge in [-0.15, -0.1) is 0 Å². The van der Waals surface area contributed by atoms with Gasteiger partial charge >= 0.3 is 0 Å². The molecule has 0 radical (unpaired) electrons. The standard InChI is InChI=1S/C11H22N4O4S/c1-20(18,19)14-7-8-4-2-3-5-15(8)11(17)9(12)6-10(13)16/h8-9,14H,2-7,12H2,1H3,(H2,13,16). The molecule has 1 saturated heterocycles. The Morgan fingerprint density at radius 3 is 2.60 bits per heavy atom. The van der Waals surface area contributed by atoms with Gasteiger partial charge in [-0.3, -0.25) is 9.59 Å². The number of nitrogens with zero attached hydrogens (tertiary/aromatic N) is 1. The minimum absolute atomic E-state index is 0.161. The quantitative estimate of drug-likeness (QED) is 0.527. The molecule has 1 fully saturated rings. The van der Waals surface area contributed by atoms with Crippen LogP contribution < -0.4 is 16.2 Å². The summed E-state index contributed by atoms with van der Waals surface area (Å²) in [6.45, 7) is 0.676. The lowest BCUT2D eigenvalue weighted by atomic mass is 10.0. The Kier molecular flexibility index (Phi) is 5.90. The Balaban J connectivity index is 2.68. The molecule has 1 aliphatic rings. The number of primary amides is 1. The molecule has 1 heterocycles. The second kappa shape index (κ2) is 7.00. The summed E-state index contributed by atoms with van der Waals surface area (Å²) < 4.78 is 24.7. The number of carbonyl (C=O) groups excluding carboxylic acids is 2. The van der Waals surface area contributed by atoms with Crippen LogP contribution in [-0.2, 0) is 19.6 Å². The molecule has 5 N–H and O–H groups in total. The van der Waals surface area contributed by atoms with Gasteiger partial charge < -0.3 is 16.4 Å². The van der Waals surface area contributed by atoms with Crippen molar-refractivity contribution in [2.45, 2.75) is 37.8 Å². The first-order valence-electron chi connectivity index (χ1n) is 6.49. The van der Waals surface area contributed by atoms with E-state index in [1.165, 1.54) is 0 Å². The van der Waals surface area contributed by atoms with E-state index in [0.29, 0.717) is 13.0 Å². The van der Waals surface area contributed by atoms with Gasteiger partial charge in [-0.25, -0.2) is 13.1 Å². The van der Waals surface area contributed by atoms with E-state index in [1.54, 1.807) is 4.90 Å². The number of amides is 2. The SMILES string of the molecule is CS(=O)(=O)NCC1CCCCN1C(=O)C(N)CC(N)=O. The molecule has 116 valence electrons. The molecule has 0 saturated carbocycles. The van der Waals surface area contributed by atoms with Crippen molar-refractivity contribution in [3.8, 4) is 0 Å². The van der Waals surface area contributed by atoms with E-state index in [2.05, 4.69) is 4.72 Å². The summed E-state index contributed by atoms with van der Waals surface area (Å²) in [7, 11) is -3.31. The molecule has 0 bridgehead atoms. The zero-order valence-corrected chi connectivity index (χ0v) is 12.4. The summed E-state index contributed by atoms with van der Waals surface area (Å²) in [5, 5.41) is 0. The van der Waals surface area contributed by atoms with Crippen LogP contribution in [0.2, 0.25) is 0 Å². The van der Waals surface area contributed by atoms with Gasteiger partial charge in [0.25, 0.3) is 0 Å². The molecule has 2 atom stereocenters. The van der Waals surface area contributed by atoms with Gasteiger partial charge in [0, 0.05) is 19.1 Å². The molecule has 8 nitrogen and oxygen atoms in total. The Bertz CT molecular complexity index is 465. The molecule has 2 unspecified atom stereocenters. The fourth-order valence-corrected chi connectivity index (χ4v) is 2.76. The highest BCUT2D eigenvalue weighted by atomic mass is 32.2. The summed E-state index contributed by atoms with van der Waals surface area (Å²) in [4.78, 5) is 24.6. The van der Waals surface area contributed by atoms with E-state index in [0.717, 1.165) is 19.1 Å². The summed E-state index contributed by atoms with van der Waals surface area (Å²) in [6.07, 6.45) is 3.33. The van der Waals surface area contributed by atoms with E-state index in [9.17, 15) is 18.0 Å². The van der Waals surface area contributed by atoms with Crippen molar-refractivity contribution in [3.05, 3.63) is 0 Å². The molecule has 9 heteroatoms. The topological polar surface area (TPSA) is 136 Å². The third-order valence-electron chi connectivity index (χ3n) is 3.23. The highest BCUT2D eigenvalue weighted by Gasteiger charge is 2.30. The monoisotopic (exact) mass is 306 g/mol. The minimum atomic E-state index is -3.31. The van der Waals surface area contributed by atoms with E-state index in [1.807, 2.05) is 0 Å². The first-order valence-corrected chi connectivity index (χ1v) is 8.39. The van der Waals surface area contributed by atoms with Gasteiger partial charge in [-0.2, -0.15) is 0 Å². The highest BCUT2D eigenvalue weighted by molar-refractivity contribution is 7.88. The molecule has 1 aliphatic heterocycles. The number of carbonyl (C=O) groups is 2.